The number of likely N-dealkylation sites (tertiary alicyclic amines) is 1. The summed E-state index contributed by atoms with van der Waals surface area (Å²) in [6.07, 6.45) is 1.54. The summed E-state index contributed by atoms with van der Waals surface area (Å²) < 4.78 is 5.69. The summed E-state index contributed by atoms with van der Waals surface area (Å²) in [7, 11) is 0. The third-order valence-corrected chi connectivity index (χ3v) is 6.63. The third-order valence-electron chi connectivity index (χ3n) is 6.32. The Balaban J connectivity index is 1.10. The Hall–Kier alpha value is -3.42. The van der Waals surface area contributed by atoms with Crippen molar-refractivity contribution in [1.29, 1.82) is 0 Å². The molecule has 0 N–H and O–H groups in total. The van der Waals surface area contributed by atoms with Gasteiger partial charge in [0.15, 0.2) is 0 Å². The van der Waals surface area contributed by atoms with Gasteiger partial charge in [-0.25, -0.2) is 4.98 Å². The molecule has 2 aromatic carbocycles. The molecule has 8 heteroatoms. The number of nitrogens with zero attached hydrogens (tertiary/aromatic N) is 4. The van der Waals surface area contributed by atoms with E-state index in [-0.39, 0.29) is 11.8 Å². The molecule has 0 spiro atoms. The molecule has 0 atom stereocenters. The van der Waals surface area contributed by atoms with Crippen LogP contribution in [-0.4, -0.2) is 76.8 Å². The number of carbonyl (C=O) groups is 2. The van der Waals surface area contributed by atoms with Crippen LogP contribution in [0.1, 0.15) is 20.7 Å². The zero-order valence-corrected chi connectivity index (χ0v) is 19.4. The number of aromatic nitrogens is 1. The first-order chi connectivity index (χ1) is 16.6. The minimum absolute atomic E-state index is 0.0362. The van der Waals surface area contributed by atoms with Crippen LogP contribution < -0.4 is 4.74 Å². The van der Waals surface area contributed by atoms with Gasteiger partial charge in [-0.15, -0.1) is 0 Å². The molecule has 5 rings (SSSR count). The Morgan fingerprint density at radius 3 is 2.15 bits per heavy atom. The van der Waals surface area contributed by atoms with Crippen LogP contribution in [0.2, 0.25) is 5.02 Å². The molecule has 2 fully saturated rings. The number of para-hydroxylation sites is 1. The second-order valence-electron chi connectivity index (χ2n) is 8.48. The normalized spacial score (nSPS) is 16.7. The summed E-state index contributed by atoms with van der Waals surface area (Å²) in [5, 5.41) is 0.501. The smallest absolute Gasteiger partial charge is 0.255 e. The van der Waals surface area contributed by atoms with Gasteiger partial charge in [-0.1, -0.05) is 41.9 Å². The molecule has 1 aromatic heterocycles. The van der Waals surface area contributed by atoms with Crippen molar-refractivity contribution in [3.63, 3.8) is 0 Å². The quantitative estimate of drug-likeness (QED) is 0.560. The highest BCUT2D eigenvalue weighted by Gasteiger charge is 2.37. The summed E-state index contributed by atoms with van der Waals surface area (Å²) in [5.41, 5.74) is 1.26. The Labute approximate surface area is 203 Å². The summed E-state index contributed by atoms with van der Waals surface area (Å²) in [6.45, 7) is 4.42. The molecule has 0 radical (unpaired) electrons. The topological polar surface area (TPSA) is 66.0 Å². The second-order valence-corrected chi connectivity index (χ2v) is 8.88. The van der Waals surface area contributed by atoms with Gasteiger partial charge in [0.05, 0.1) is 10.6 Å². The number of rotatable bonds is 5. The molecule has 34 heavy (non-hydrogen) atoms. The third kappa shape index (κ3) is 4.76. The first kappa shape index (κ1) is 22.4. The fourth-order valence-electron chi connectivity index (χ4n) is 4.30. The van der Waals surface area contributed by atoms with Crippen LogP contribution in [0, 0.1) is 0 Å². The van der Waals surface area contributed by atoms with E-state index in [0.717, 1.165) is 18.7 Å². The van der Waals surface area contributed by atoms with Crippen molar-refractivity contribution in [2.75, 3.05) is 39.3 Å². The highest BCUT2D eigenvalue weighted by atomic mass is 35.5. The predicted octanol–water partition coefficient (Wildman–Crippen LogP) is 3.81. The number of piperazine rings is 1. The van der Waals surface area contributed by atoms with E-state index >= 15 is 0 Å². The van der Waals surface area contributed by atoms with Crippen molar-refractivity contribution in [2.24, 2.45) is 0 Å². The van der Waals surface area contributed by atoms with Crippen LogP contribution >= 0.6 is 11.6 Å². The average Bonchev–Trinajstić information content (AvgIpc) is 2.85. The SMILES string of the molecule is O=C(c1ccccc1)N1CCN(C2CN(C(=O)c3ccc(Oc4ccccc4Cl)nc3)C2)CC1. The molecule has 3 heterocycles. The van der Waals surface area contributed by atoms with E-state index in [9.17, 15) is 9.59 Å². The van der Waals surface area contributed by atoms with Crippen LogP contribution in [0.3, 0.4) is 0 Å². The Kier molecular flexibility index (Phi) is 6.47. The molecule has 2 amide bonds. The minimum atomic E-state index is -0.0362. The monoisotopic (exact) mass is 476 g/mol. The van der Waals surface area contributed by atoms with E-state index in [0.29, 0.717) is 54.4 Å². The lowest BCUT2D eigenvalue weighted by Gasteiger charge is -2.48. The summed E-state index contributed by atoms with van der Waals surface area (Å²) in [4.78, 5) is 35.8. The van der Waals surface area contributed by atoms with Crippen molar-refractivity contribution in [1.82, 2.24) is 19.7 Å². The zero-order valence-electron chi connectivity index (χ0n) is 18.6. The molecular weight excluding hydrogens is 452 g/mol. The fourth-order valence-corrected chi connectivity index (χ4v) is 4.47. The summed E-state index contributed by atoms with van der Waals surface area (Å²) in [6, 6.07) is 20.3. The Morgan fingerprint density at radius 1 is 0.794 bits per heavy atom. The molecule has 2 aliphatic rings. The maximum absolute atomic E-state index is 12.8. The maximum atomic E-state index is 12.8. The maximum Gasteiger partial charge on any atom is 0.255 e. The van der Waals surface area contributed by atoms with Crippen LogP contribution in [0.25, 0.3) is 0 Å². The van der Waals surface area contributed by atoms with Gasteiger partial charge in [0.2, 0.25) is 5.88 Å². The van der Waals surface area contributed by atoms with Gasteiger partial charge < -0.3 is 14.5 Å². The van der Waals surface area contributed by atoms with Crippen LogP contribution in [0.15, 0.2) is 72.9 Å². The van der Waals surface area contributed by atoms with Gasteiger partial charge in [0.1, 0.15) is 5.75 Å². The number of pyridine rings is 1. The molecule has 0 aliphatic carbocycles. The lowest BCUT2D eigenvalue weighted by molar-refractivity contribution is 0.00851. The average molecular weight is 477 g/mol. The van der Waals surface area contributed by atoms with E-state index in [2.05, 4.69) is 9.88 Å². The van der Waals surface area contributed by atoms with Gasteiger partial charge in [-0.2, -0.15) is 0 Å². The van der Waals surface area contributed by atoms with E-state index in [4.69, 9.17) is 16.3 Å². The van der Waals surface area contributed by atoms with Gasteiger partial charge in [-0.3, -0.25) is 14.5 Å². The Morgan fingerprint density at radius 2 is 1.47 bits per heavy atom. The van der Waals surface area contributed by atoms with Crippen molar-refractivity contribution in [2.45, 2.75) is 6.04 Å². The van der Waals surface area contributed by atoms with Crippen molar-refractivity contribution >= 4 is 23.4 Å². The van der Waals surface area contributed by atoms with E-state index in [1.807, 2.05) is 52.3 Å². The molecule has 0 unspecified atom stereocenters. The largest absolute Gasteiger partial charge is 0.437 e. The molecule has 174 valence electrons. The number of hydrogen-bond donors (Lipinski definition) is 0. The summed E-state index contributed by atoms with van der Waals surface area (Å²) >= 11 is 6.12. The Bertz CT molecular complexity index is 1160. The van der Waals surface area contributed by atoms with Crippen LogP contribution in [-0.2, 0) is 0 Å². The number of benzene rings is 2. The van der Waals surface area contributed by atoms with E-state index in [1.165, 1.54) is 6.20 Å². The number of amides is 2. The molecular formula is C26H25ClN4O3. The number of ether oxygens (including phenoxy) is 1. The molecule has 7 nitrogen and oxygen atoms in total. The zero-order chi connectivity index (χ0) is 23.5. The van der Waals surface area contributed by atoms with Crippen molar-refractivity contribution < 1.29 is 14.3 Å². The minimum Gasteiger partial charge on any atom is -0.437 e. The first-order valence-electron chi connectivity index (χ1n) is 11.3. The van der Waals surface area contributed by atoms with Crippen molar-refractivity contribution in [3.8, 4) is 11.6 Å². The van der Waals surface area contributed by atoms with Gasteiger partial charge in [0.25, 0.3) is 11.8 Å². The molecule has 2 aliphatic heterocycles. The molecule has 0 bridgehead atoms. The number of carbonyl (C=O) groups excluding carboxylic acids is 2. The number of hydrogen-bond acceptors (Lipinski definition) is 5. The van der Waals surface area contributed by atoms with Gasteiger partial charge in [-0.05, 0) is 30.3 Å². The fraction of sp³-hybridized carbons (Fsp3) is 0.269. The number of halogens is 1. The first-order valence-corrected chi connectivity index (χ1v) is 11.7. The lowest BCUT2D eigenvalue weighted by Crippen LogP contribution is -2.64. The summed E-state index contributed by atoms with van der Waals surface area (Å²) in [5.74, 6) is 0.951. The predicted molar refractivity (Wildman–Crippen MR) is 129 cm³/mol. The van der Waals surface area contributed by atoms with Crippen LogP contribution in [0.5, 0.6) is 11.6 Å². The van der Waals surface area contributed by atoms with Gasteiger partial charge in [0, 0.05) is 63.1 Å². The van der Waals surface area contributed by atoms with Gasteiger partial charge >= 0.3 is 0 Å². The standard InChI is InChI=1S/C26H25ClN4O3/c27-22-8-4-5-9-23(22)34-24-11-10-20(16-28-24)26(33)31-17-21(18-31)29-12-14-30(15-13-29)25(32)19-6-2-1-3-7-19/h1-11,16,21H,12-15,17-18H2. The molecule has 0 saturated carbocycles. The highest BCUT2D eigenvalue weighted by Crippen LogP contribution is 2.28. The highest BCUT2D eigenvalue weighted by molar-refractivity contribution is 6.32. The van der Waals surface area contributed by atoms with E-state index < -0.39 is 0 Å². The second kappa shape index (κ2) is 9.83. The lowest BCUT2D eigenvalue weighted by atomic mass is 10.0. The molecule has 2 saturated heterocycles. The van der Waals surface area contributed by atoms with Crippen molar-refractivity contribution in [3.05, 3.63) is 89.1 Å². The van der Waals surface area contributed by atoms with Crippen LogP contribution in [0.4, 0.5) is 0 Å². The van der Waals surface area contributed by atoms with E-state index in [1.54, 1.807) is 24.3 Å². The molecule has 3 aromatic rings.